The smallest absolute Gasteiger partial charge is 0.463 e. The lowest BCUT2D eigenvalue weighted by molar-refractivity contribution is -0.161. The lowest BCUT2D eigenvalue weighted by Crippen LogP contribution is -2.30. The fourth-order valence-corrected chi connectivity index (χ4v) is 14.0. The van der Waals surface area contributed by atoms with Crippen molar-refractivity contribution in [2.75, 3.05) is 39.6 Å². The second-order valence-electron chi connectivity index (χ2n) is 30.7. The summed E-state index contributed by atoms with van der Waals surface area (Å²) < 4.78 is 61.5. The second kappa shape index (κ2) is 90.2. The van der Waals surface area contributed by atoms with Gasteiger partial charge in [0, 0.05) is 19.3 Å². The van der Waals surface area contributed by atoms with Gasteiger partial charge < -0.3 is 34.2 Å². The Kier molecular flexibility index (Phi) is 86.2. The van der Waals surface area contributed by atoms with Gasteiger partial charge >= 0.3 is 33.6 Å². The van der Waals surface area contributed by atoms with Crippen molar-refractivity contribution in [3.8, 4) is 0 Å². The molecule has 117 heavy (non-hydrogen) atoms. The Morgan fingerprint density at radius 3 is 0.718 bits per heavy atom. The van der Waals surface area contributed by atoms with Gasteiger partial charge in [-0.1, -0.05) is 377 Å². The molecule has 0 fully saturated rings. The molecule has 0 amide bonds. The number of phosphoric acid groups is 2. The number of allylic oxidation sites excluding steroid dienone is 28. The predicted octanol–water partition coefficient (Wildman–Crippen LogP) is 28.7. The molecule has 0 aliphatic rings. The fraction of sp³-hybridized carbons (Fsp3) is 0.687. The highest BCUT2D eigenvalue weighted by molar-refractivity contribution is 7.47. The van der Waals surface area contributed by atoms with Crippen molar-refractivity contribution in [2.24, 2.45) is 0 Å². The predicted molar refractivity (Wildman–Crippen MR) is 491 cm³/mol. The molecule has 0 rings (SSSR count). The molecule has 0 aromatic carbocycles. The maximum absolute atomic E-state index is 13.1. The summed E-state index contributed by atoms with van der Waals surface area (Å²) >= 11 is 0. The number of ether oxygens (including phenoxy) is 3. The molecule has 0 radical (unpaired) electrons. The summed E-state index contributed by atoms with van der Waals surface area (Å²) in [6.07, 6.45) is 117. The van der Waals surface area contributed by atoms with Crippen LogP contribution in [0.5, 0.6) is 0 Å². The van der Waals surface area contributed by atoms with Crippen LogP contribution in [0.3, 0.4) is 0 Å². The van der Waals surface area contributed by atoms with Crippen LogP contribution >= 0.6 is 15.6 Å². The molecule has 16 nitrogen and oxygen atoms in total. The average Bonchev–Trinajstić information content (AvgIpc) is 0.904. The highest BCUT2D eigenvalue weighted by atomic mass is 31.2. The summed E-state index contributed by atoms with van der Waals surface area (Å²) in [6, 6.07) is 0. The summed E-state index contributed by atoms with van der Waals surface area (Å²) in [5.41, 5.74) is 0. The standard InChI is InChI=1S/C99H168O16P2/c1-4-7-10-13-16-19-22-25-28-31-34-37-40-41-42-43-44-45-46-47-48-49-50-51-54-56-58-61-64-67-70-73-76-79-82-85-97(102)109-88-94(100)89-111-116(105,106)112-90-95(101)91-113-117(107,108)114-93-96(115-99(104)87-84-81-78-75-72-69-66-63-60-57-53-39-36-33-30-27-24-21-18-15-12-9-6-3)92-110-98(103)86-83-80-77-74-71-68-65-62-59-55-52-38-35-32-29-26-23-20-17-14-11-8-5-2/h7-8,10-11,16-21,25-30,34-39,41-42,55,57,59-60,94-96,100-101H,4-6,9,12-15,22-24,31-33,40,43-54,56,58,61-93H2,1-3H3,(H,105,106)(H,107,108)/b10-7-,11-8-,19-16-,20-17-,21-18-,28-25-,29-26-,30-27-,37-34-,38-35-,39-36-,42-41-,59-55-,60-57-. The van der Waals surface area contributed by atoms with E-state index in [1.807, 2.05) is 0 Å². The molecule has 0 aromatic heterocycles. The lowest BCUT2D eigenvalue weighted by Gasteiger charge is -2.21. The van der Waals surface area contributed by atoms with Gasteiger partial charge in [0.15, 0.2) is 6.10 Å². The number of esters is 3. The van der Waals surface area contributed by atoms with Crippen LogP contribution in [0.25, 0.3) is 0 Å². The first-order valence-corrected chi connectivity index (χ1v) is 49.4. The third kappa shape index (κ3) is 91.5. The molecule has 0 aromatic rings. The minimum atomic E-state index is -4.95. The van der Waals surface area contributed by atoms with Gasteiger partial charge in [-0.25, -0.2) is 9.13 Å². The van der Waals surface area contributed by atoms with Crippen LogP contribution in [0.2, 0.25) is 0 Å². The van der Waals surface area contributed by atoms with E-state index in [9.17, 15) is 43.5 Å². The molecule has 18 heteroatoms. The van der Waals surface area contributed by atoms with Crippen LogP contribution < -0.4 is 0 Å². The quantitative estimate of drug-likeness (QED) is 0.0146. The molecule has 0 saturated heterocycles. The first-order chi connectivity index (χ1) is 57.2. The van der Waals surface area contributed by atoms with Gasteiger partial charge in [0.1, 0.15) is 25.4 Å². The number of phosphoric ester groups is 2. The van der Waals surface area contributed by atoms with Crippen LogP contribution in [0.1, 0.15) is 380 Å². The van der Waals surface area contributed by atoms with E-state index >= 15 is 0 Å². The summed E-state index contributed by atoms with van der Waals surface area (Å²) in [6.45, 7) is 2.44. The minimum Gasteiger partial charge on any atom is -0.463 e. The molecule has 0 aliphatic heterocycles. The second-order valence-corrected chi connectivity index (χ2v) is 33.6. The number of hydrogen-bond acceptors (Lipinski definition) is 14. The van der Waals surface area contributed by atoms with Gasteiger partial charge in [0.25, 0.3) is 0 Å². The van der Waals surface area contributed by atoms with Crippen molar-refractivity contribution in [1.82, 2.24) is 0 Å². The lowest BCUT2D eigenvalue weighted by atomic mass is 10.0. The van der Waals surface area contributed by atoms with Crippen LogP contribution in [0.15, 0.2) is 170 Å². The SMILES string of the molecule is CC/C=C\C/C=C\C/C=C\C/C=C\C/C=C\CCCCCCCCCCCCCCCCCCCCCC(=O)OCC(O)COP(=O)(O)OCC(O)COP(=O)(O)OCC(COC(=O)CCCCCCCCC/C=C\C/C=C\C/C=C\C/C=C\C/C=C\CC)OC(=O)CCCCCCCCC/C=C\C/C=C\C/C=C\C/C=C\CCCCC. The Bertz CT molecular complexity index is 2810. The van der Waals surface area contributed by atoms with E-state index in [2.05, 4.69) is 191 Å². The largest absolute Gasteiger partial charge is 0.472 e. The van der Waals surface area contributed by atoms with Crippen LogP contribution in [-0.4, -0.2) is 95.9 Å². The number of hydrogen-bond donors (Lipinski definition) is 4. The van der Waals surface area contributed by atoms with Gasteiger partial charge in [-0.05, 0) is 154 Å². The van der Waals surface area contributed by atoms with E-state index in [0.717, 1.165) is 193 Å². The first-order valence-electron chi connectivity index (χ1n) is 46.4. The molecule has 5 unspecified atom stereocenters. The number of carbonyl (C=O) groups excluding carboxylic acids is 3. The molecular formula is C99H168O16P2. The Morgan fingerprint density at radius 2 is 0.453 bits per heavy atom. The molecule has 0 spiro atoms. The third-order valence-electron chi connectivity index (χ3n) is 19.4. The Hall–Kier alpha value is -5.09. The third-order valence-corrected chi connectivity index (χ3v) is 21.3. The molecule has 5 atom stereocenters. The molecule has 0 saturated carbocycles. The van der Waals surface area contributed by atoms with E-state index in [0.29, 0.717) is 19.3 Å². The van der Waals surface area contributed by atoms with Crippen LogP contribution in [0, 0.1) is 0 Å². The molecule has 0 heterocycles. The summed E-state index contributed by atoms with van der Waals surface area (Å²) in [5, 5.41) is 20.7. The Morgan fingerprint density at radius 1 is 0.248 bits per heavy atom. The Balaban J connectivity index is 4.55. The molecule has 670 valence electrons. The molecule has 4 N–H and O–H groups in total. The van der Waals surface area contributed by atoms with Crippen molar-refractivity contribution in [2.45, 2.75) is 399 Å². The summed E-state index contributed by atoms with van der Waals surface area (Å²) in [7, 11) is -9.82. The highest BCUT2D eigenvalue weighted by Crippen LogP contribution is 2.45. The van der Waals surface area contributed by atoms with Gasteiger partial charge in [-0.2, -0.15) is 0 Å². The van der Waals surface area contributed by atoms with Gasteiger partial charge in [-0.3, -0.25) is 32.5 Å². The zero-order valence-corrected chi connectivity index (χ0v) is 75.6. The number of unbranched alkanes of at least 4 members (excludes halogenated alkanes) is 36. The number of carbonyl (C=O) groups is 3. The Labute approximate surface area is 713 Å². The van der Waals surface area contributed by atoms with Crippen molar-refractivity contribution in [3.05, 3.63) is 170 Å². The van der Waals surface area contributed by atoms with Crippen molar-refractivity contribution in [3.63, 3.8) is 0 Å². The fourth-order valence-electron chi connectivity index (χ4n) is 12.4. The monoisotopic (exact) mass is 1680 g/mol. The minimum absolute atomic E-state index is 0.0851. The van der Waals surface area contributed by atoms with Gasteiger partial charge in [0.05, 0.1) is 26.4 Å². The summed E-state index contributed by atoms with van der Waals surface area (Å²) in [4.78, 5) is 59.0. The number of aliphatic hydroxyl groups excluding tert-OH is 2. The van der Waals surface area contributed by atoms with E-state index < -0.39 is 91.5 Å². The van der Waals surface area contributed by atoms with E-state index in [1.165, 1.54) is 128 Å². The van der Waals surface area contributed by atoms with Crippen molar-refractivity contribution < 1.29 is 75.8 Å². The molecular weight excluding hydrogens is 1510 g/mol. The topological polar surface area (TPSA) is 231 Å². The zero-order chi connectivity index (χ0) is 85.1. The number of rotatable bonds is 87. The highest BCUT2D eigenvalue weighted by Gasteiger charge is 2.29. The van der Waals surface area contributed by atoms with Crippen molar-refractivity contribution >= 4 is 33.6 Å². The van der Waals surface area contributed by atoms with Gasteiger partial charge in [0.2, 0.25) is 0 Å². The maximum atomic E-state index is 13.1. The van der Waals surface area contributed by atoms with Crippen LogP contribution in [-0.2, 0) is 55.8 Å². The maximum Gasteiger partial charge on any atom is 0.472 e. The molecule has 0 aliphatic carbocycles. The van der Waals surface area contributed by atoms with Crippen molar-refractivity contribution in [1.29, 1.82) is 0 Å². The number of aliphatic hydroxyl groups is 2. The van der Waals surface area contributed by atoms with E-state index in [4.69, 9.17) is 32.3 Å². The van der Waals surface area contributed by atoms with E-state index in [1.54, 1.807) is 0 Å². The normalized spacial score (nSPS) is 14.6. The zero-order valence-electron chi connectivity index (χ0n) is 73.8. The average molecular weight is 1680 g/mol. The van der Waals surface area contributed by atoms with Gasteiger partial charge in [-0.15, -0.1) is 0 Å². The van der Waals surface area contributed by atoms with E-state index in [-0.39, 0.29) is 19.3 Å². The van der Waals surface area contributed by atoms with Crippen LogP contribution in [0.4, 0.5) is 0 Å². The molecule has 0 bridgehead atoms. The first kappa shape index (κ1) is 112. The summed E-state index contributed by atoms with van der Waals surface area (Å²) in [5.74, 6) is -1.59.